The molecule has 1 heterocycles. The topological polar surface area (TPSA) is 54.9 Å². The minimum atomic E-state index is -0.255. The predicted octanol–water partition coefficient (Wildman–Crippen LogP) is 4.42. The van der Waals surface area contributed by atoms with E-state index in [1.54, 1.807) is 24.3 Å². The lowest BCUT2D eigenvalue weighted by molar-refractivity contribution is 0.102. The molecule has 1 aromatic heterocycles. The molecule has 22 heavy (non-hydrogen) atoms. The van der Waals surface area contributed by atoms with E-state index in [0.29, 0.717) is 15.7 Å². The van der Waals surface area contributed by atoms with Crippen LogP contribution in [0.1, 0.15) is 15.9 Å². The number of carbonyl (C=O) groups excluding carboxylic acids is 1. The van der Waals surface area contributed by atoms with E-state index in [2.05, 4.69) is 15.5 Å². The van der Waals surface area contributed by atoms with E-state index in [1.165, 1.54) is 16.9 Å². The van der Waals surface area contributed by atoms with Gasteiger partial charge in [-0.25, -0.2) is 0 Å². The van der Waals surface area contributed by atoms with Crippen LogP contribution in [0, 0.1) is 6.92 Å². The summed E-state index contributed by atoms with van der Waals surface area (Å²) >= 11 is 7.22. The van der Waals surface area contributed by atoms with Crippen LogP contribution in [0.2, 0.25) is 5.02 Å². The van der Waals surface area contributed by atoms with Crippen molar-refractivity contribution < 1.29 is 4.79 Å². The van der Waals surface area contributed by atoms with Gasteiger partial charge in [0.05, 0.1) is 0 Å². The van der Waals surface area contributed by atoms with Crippen LogP contribution in [0.5, 0.6) is 0 Å². The van der Waals surface area contributed by atoms with Crippen molar-refractivity contribution in [1.82, 2.24) is 10.2 Å². The molecule has 3 rings (SSSR count). The number of hydrogen-bond acceptors (Lipinski definition) is 4. The van der Waals surface area contributed by atoms with E-state index >= 15 is 0 Å². The molecule has 6 heteroatoms. The molecule has 2 aromatic carbocycles. The summed E-state index contributed by atoms with van der Waals surface area (Å²) in [5.41, 5.74) is 2.65. The fourth-order valence-electron chi connectivity index (χ4n) is 1.89. The minimum Gasteiger partial charge on any atom is -0.296 e. The molecule has 0 saturated carbocycles. The summed E-state index contributed by atoms with van der Waals surface area (Å²) in [5, 5.41) is 12.6. The number of benzene rings is 2. The Labute approximate surface area is 136 Å². The van der Waals surface area contributed by atoms with Gasteiger partial charge in [0.1, 0.15) is 5.01 Å². The first-order valence-corrected chi connectivity index (χ1v) is 7.79. The van der Waals surface area contributed by atoms with E-state index in [0.717, 1.165) is 10.6 Å². The molecule has 0 unspecified atom stereocenters. The molecule has 3 aromatic rings. The molecule has 4 nitrogen and oxygen atoms in total. The van der Waals surface area contributed by atoms with Gasteiger partial charge < -0.3 is 0 Å². The summed E-state index contributed by atoms with van der Waals surface area (Å²) in [6, 6.07) is 14.8. The van der Waals surface area contributed by atoms with Gasteiger partial charge in [0, 0.05) is 16.1 Å². The maximum atomic E-state index is 12.1. The molecule has 110 valence electrons. The number of amides is 1. The van der Waals surface area contributed by atoms with Crippen molar-refractivity contribution in [3.63, 3.8) is 0 Å². The molecule has 0 atom stereocenters. The Bertz CT molecular complexity index is 814. The maximum absolute atomic E-state index is 12.1. The van der Waals surface area contributed by atoms with Crippen LogP contribution >= 0.6 is 22.9 Å². The lowest BCUT2D eigenvalue weighted by atomic mass is 10.2. The lowest BCUT2D eigenvalue weighted by Crippen LogP contribution is -2.11. The summed E-state index contributed by atoms with van der Waals surface area (Å²) in [4.78, 5) is 12.1. The summed E-state index contributed by atoms with van der Waals surface area (Å²) < 4.78 is 0. The smallest absolute Gasteiger partial charge is 0.257 e. The molecule has 0 saturated heterocycles. The van der Waals surface area contributed by atoms with Gasteiger partial charge in [-0.1, -0.05) is 58.8 Å². The van der Waals surface area contributed by atoms with Crippen LogP contribution in [-0.2, 0) is 0 Å². The number of carbonyl (C=O) groups is 1. The molecule has 0 aliphatic heterocycles. The molecule has 0 spiro atoms. The molecule has 1 N–H and O–H groups in total. The minimum absolute atomic E-state index is 0.255. The van der Waals surface area contributed by atoms with Gasteiger partial charge in [0.2, 0.25) is 5.13 Å². The lowest BCUT2D eigenvalue weighted by Gasteiger charge is -2.01. The van der Waals surface area contributed by atoms with Gasteiger partial charge in [-0.3, -0.25) is 10.1 Å². The summed E-state index contributed by atoms with van der Waals surface area (Å²) in [5.74, 6) is -0.255. The van der Waals surface area contributed by atoms with Gasteiger partial charge in [0.15, 0.2) is 0 Å². The third-order valence-corrected chi connectivity index (χ3v) is 4.15. The average molecular weight is 330 g/mol. The van der Waals surface area contributed by atoms with Crippen molar-refractivity contribution in [3.8, 4) is 10.6 Å². The zero-order chi connectivity index (χ0) is 15.5. The SMILES string of the molecule is Cc1ccc(-c2nnc(NC(=O)c3cccc(Cl)c3)s2)cc1. The average Bonchev–Trinajstić information content (AvgIpc) is 2.96. The first-order valence-electron chi connectivity index (χ1n) is 6.59. The van der Waals surface area contributed by atoms with Crippen molar-refractivity contribution in [2.45, 2.75) is 6.92 Å². The van der Waals surface area contributed by atoms with Crippen molar-refractivity contribution in [1.29, 1.82) is 0 Å². The molecule has 0 fully saturated rings. The highest BCUT2D eigenvalue weighted by atomic mass is 35.5. The van der Waals surface area contributed by atoms with Crippen molar-refractivity contribution in [2.24, 2.45) is 0 Å². The van der Waals surface area contributed by atoms with Crippen LogP contribution in [0.4, 0.5) is 5.13 Å². The van der Waals surface area contributed by atoms with E-state index < -0.39 is 0 Å². The number of anilines is 1. The van der Waals surface area contributed by atoms with Gasteiger partial charge in [-0.05, 0) is 25.1 Å². The molecular weight excluding hydrogens is 318 g/mol. The normalized spacial score (nSPS) is 10.5. The number of nitrogens with zero attached hydrogens (tertiary/aromatic N) is 2. The zero-order valence-corrected chi connectivity index (χ0v) is 13.3. The third-order valence-electron chi connectivity index (χ3n) is 3.03. The predicted molar refractivity (Wildman–Crippen MR) is 89.5 cm³/mol. The third kappa shape index (κ3) is 3.32. The number of halogens is 1. The number of hydrogen-bond donors (Lipinski definition) is 1. The first-order chi connectivity index (χ1) is 10.6. The first kappa shape index (κ1) is 14.7. The molecule has 0 aliphatic carbocycles. The Morgan fingerprint density at radius 2 is 1.91 bits per heavy atom. The molecule has 0 bridgehead atoms. The molecule has 0 aliphatic rings. The largest absolute Gasteiger partial charge is 0.296 e. The van der Waals surface area contributed by atoms with E-state index in [4.69, 9.17) is 11.6 Å². The summed E-state index contributed by atoms with van der Waals surface area (Å²) in [7, 11) is 0. The van der Waals surface area contributed by atoms with Gasteiger partial charge in [-0.15, -0.1) is 10.2 Å². The molecule has 1 amide bonds. The van der Waals surface area contributed by atoms with E-state index in [-0.39, 0.29) is 5.91 Å². The van der Waals surface area contributed by atoms with E-state index in [1.807, 2.05) is 31.2 Å². The van der Waals surface area contributed by atoms with Crippen LogP contribution < -0.4 is 5.32 Å². The fraction of sp³-hybridized carbons (Fsp3) is 0.0625. The Morgan fingerprint density at radius 1 is 1.14 bits per heavy atom. The number of nitrogens with one attached hydrogen (secondary N) is 1. The Morgan fingerprint density at radius 3 is 2.64 bits per heavy atom. The highest BCUT2D eigenvalue weighted by Gasteiger charge is 2.11. The van der Waals surface area contributed by atoms with Crippen LogP contribution in [0.3, 0.4) is 0 Å². The second-order valence-corrected chi connectivity index (χ2v) is 6.16. The van der Waals surface area contributed by atoms with Gasteiger partial charge in [-0.2, -0.15) is 0 Å². The number of rotatable bonds is 3. The number of aromatic nitrogens is 2. The Hall–Kier alpha value is -2.24. The van der Waals surface area contributed by atoms with Gasteiger partial charge >= 0.3 is 0 Å². The molecule has 0 radical (unpaired) electrons. The maximum Gasteiger partial charge on any atom is 0.257 e. The monoisotopic (exact) mass is 329 g/mol. The van der Waals surface area contributed by atoms with E-state index in [9.17, 15) is 4.79 Å². The number of aryl methyl sites for hydroxylation is 1. The summed E-state index contributed by atoms with van der Waals surface area (Å²) in [6.45, 7) is 2.03. The van der Waals surface area contributed by atoms with Gasteiger partial charge in [0.25, 0.3) is 5.91 Å². The Kier molecular flexibility index (Phi) is 4.18. The highest BCUT2D eigenvalue weighted by Crippen LogP contribution is 2.26. The van der Waals surface area contributed by atoms with Crippen molar-refractivity contribution in [3.05, 3.63) is 64.7 Å². The van der Waals surface area contributed by atoms with Crippen LogP contribution in [0.25, 0.3) is 10.6 Å². The van der Waals surface area contributed by atoms with Crippen LogP contribution in [-0.4, -0.2) is 16.1 Å². The fourth-order valence-corrected chi connectivity index (χ4v) is 2.82. The zero-order valence-electron chi connectivity index (χ0n) is 11.7. The second kappa shape index (κ2) is 6.25. The quantitative estimate of drug-likeness (QED) is 0.774. The summed E-state index contributed by atoms with van der Waals surface area (Å²) in [6.07, 6.45) is 0. The second-order valence-electron chi connectivity index (χ2n) is 4.74. The van der Waals surface area contributed by atoms with Crippen molar-refractivity contribution >= 4 is 34.0 Å². The Balaban J connectivity index is 1.77. The van der Waals surface area contributed by atoms with Crippen molar-refractivity contribution in [2.75, 3.05) is 5.32 Å². The highest BCUT2D eigenvalue weighted by molar-refractivity contribution is 7.18. The molecular formula is C16H12ClN3OS. The van der Waals surface area contributed by atoms with Crippen LogP contribution in [0.15, 0.2) is 48.5 Å². The standard InChI is InChI=1S/C16H12ClN3OS/c1-10-5-7-11(8-6-10)15-19-20-16(22-15)18-14(21)12-3-2-4-13(17)9-12/h2-9H,1H3,(H,18,20,21).